The number of esters is 1. The fourth-order valence-electron chi connectivity index (χ4n) is 5.12. The van der Waals surface area contributed by atoms with Crippen molar-refractivity contribution < 1.29 is 38.0 Å². The Morgan fingerprint density at radius 3 is 2.24 bits per heavy atom. The first-order chi connectivity index (χ1) is 17.6. The van der Waals surface area contributed by atoms with Gasteiger partial charge in [0.2, 0.25) is 18.3 Å². The summed E-state index contributed by atoms with van der Waals surface area (Å²) < 4.78 is 41.3. The average Bonchev–Trinajstić information content (AvgIpc) is 3.36. The van der Waals surface area contributed by atoms with Crippen molar-refractivity contribution in [2.24, 2.45) is 11.3 Å². The lowest BCUT2D eigenvalue weighted by Crippen LogP contribution is -2.35. The first kappa shape index (κ1) is 26.5. The number of benzene rings is 2. The lowest BCUT2D eigenvalue weighted by molar-refractivity contribution is -0.153. The third-order valence-corrected chi connectivity index (χ3v) is 7.75. The van der Waals surface area contributed by atoms with Gasteiger partial charge in [-0.05, 0) is 43.9 Å². The van der Waals surface area contributed by atoms with E-state index in [0.717, 1.165) is 16.7 Å². The van der Waals surface area contributed by atoms with Crippen LogP contribution in [0.4, 0.5) is 0 Å². The number of hydrogen-bond acceptors (Lipinski definition) is 8. The molecule has 1 aliphatic heterocycles. The van der Waals surface area contributed by atoms with Crippen LogP contribution in [0.25, 0.3) is 11.1 Å². The van der Waals surface area contributed by atoms with E-state index in [2.05, 4.69) is 20.8 Å². The Kier molecular flexibility index (Phi) is 7.22. The topological polar surface area (TPSA) is 81.7 Å². The Morgan fingerprint density at radius 1 is 0.973 bits per heavy atom. The predicted molar refractivity (Wildman–Crippen MR) is 139 cm³/mol. The summed E-state index contributed by atoms with van der Waals surface area (Å²) in [6, 6.07) is 3.87. The van der Waals surface area contributed by atoms with Gasteiger partial charge in [0, 0.05) is 27.7 Å². The summed E-state index contributed by atoms with van der Waals surface area (Å²) in [6.45, 7) is 10.1. The maximum atomic E-state index is 13.2. The molecule has 1 aliphatic carbocycles. The van der Waals surface area contributed by atoms with Crippen LogP contribution >= 0.6 is 0 Å². The van der Waals surface area contributed by atoms with Crippen molar-refractivity contribution in [2.75, 3.05) is 35.2 Å². The molecule has 0 radical (unpaired) electrons. The zero-order valence-corrected chi connectivity index (χ0v) is 23.1. The van der Waals surface area contributed by atoms with Gasteiger partial charge in [-0.2, -0.15) is 0 Å². The summed E-state index contributed by atoms with van der Waals surface area (Å²) in [6.07, 6.45) is 1.77. The van der Waals surface area contributed by atoms with E-state index in [4.69, 9.17) is 33.2 Å². The standard InChI is InChI=1S/C29H36O8/c1-10-15(2)28(30)37-27-18-13-19(31-6)23(32-7)26(34-9)22(18)21-17(11-16(3)29(27,4)5)12-20-24(25(21)33-8)36-14-35-20/h10,12-13,16,27H,11,14H2,1-9H3/b15-10-/t16?,27-/m0/s1. The van der Waals surface area contributed by atoms with Crippen molar-refractivity contribution in [2.45, 2.75) is 47.1 Å². The van der Waals surface area contributed by atoms with Crippen molar-refractivity contribution in [1.29, 1.82) is 0 Å². The molecular weight excluding hydrogens is 476 g/mol. The zero-order valence-electron chi connectivity index (χ0n) is 23.1. The minimum Gasteiger partial charge on any atom is -0.493 e. The molecule has 37 heavy (non-hydrogen) atoms. The van der Waals surface area contributed by atoms with Crippen LogP contribution in [0.15, 0.2) is 23.8 Å². The molecule has 0 fully saturated rings. The SMILES string of the molecule is C/C=C(/C)C(=O)O[C@H]1c2cc(OC)c(OC)c(OC)c2-c2c(cc3c(c2OC)OCO3)CC(C)C1(C)C. The van der Waals surface area contributed by atoms with Crippen LogP contribution in [0.2, 0.25) is 0 Å². The Morgan fingerprint density at radius 2 is 1.65 bits per heavy atom. The smallest absolute Gasteiger partial charge is 0.334 e. The Labute approximate surface area is 218 Å². The fourth-order valence-corrected chi connectivity index (χ4v) is 5.12. The molecule has 8 heteroatoms. The van der Waals surface area contributed by atoms with E-state index in [1.54, 1.807) is 41.4 Å². The molecule has 2 aliphatic rings. The lowest BCUT2D eigenvalue weighted by atomic mass is 9.67. The molecule has 0 bridgehead atoms. The molecule has 2 aromatic rings. The van der Waals surface area contributed by atoms with Gasteiger partial charge in [0.1, 0.15) is 6.10 Å². The van der Waals surface area contributed by atoms with Crippen molar-refractivity contribution >= 4 is 5.97 Å². The van der Waals surface area contributed by atoms with Gasteiger partial charge in [-0.1, -0.05) is 26.8 Å². The van der Waals surface area contributed by atoms with Crippen molar-refractivity contribution in [3.05, 3.63) is 34.9 Å². The number of carbonyl (C=O) groups excluding carboxylic acids is 1. The monoisotopic (exact) mass is 512 g/mol. The summed E-state index contributed by atoms with van der Waals surface area (Å²) in [5, 5.41) is 0. The number of fused-ring (bicyclic) bond motifs is 4. The number of allylic oxidation sites excluding steroid dienone is 1. The summed E-state index contributed by atoms with van der Waals surface area (Å²) in [4.78, 5) is 13.2. The van der Waals surface area contributed by atoms with Gasteiger partial charge in [0.25, 0.3) is 0 Å². The lowest BCUT2D eigenvalue weighted by Gasteiger charge is -2.42. The third-order valence-electron chi connectivity index (χ3n) is 7.75. The molecule has 0 saturated heterocycles. The molecule has 200 valence electrons. The molecule has 0 spiro atoms. The van der Waals surface area contributed by atoms with E-state index in [1.807, 2.05) is 19.1 Å². The summed E-state index contributed by atoms with van der Waals surface area (Å²) >= 11 is 0. The minimum atomic E-state index is -0.642. The molecule has 0 N–H and O–H groups in total. The number of carbonyl (C=O) groups is 1. The molecule has 2 atom stereocenters. The Hall–Kier alpha value is -3.55. The van der Waals surface area contributed by atoms with Crippen molar-refractivity contribution in [3.63, 3.8) is 0 Å². The minimum absolute atomic E-state index is 0.0901. The van der Waals surface area contributed by atoms with Crippen LogP contribution in [0.1, 0.15) is 51.8 Å². The molecule has 0 amide bonds. The molecule has 0 saturated carbocycles. The fraction of sp³-hybridized carbons (Fsp3) is 0.483. The van der Waals surface area contributed by atoms with E-state index in [-0.39, 0.29) is 18.7 Å². The van der Waals surface area contributed by atoms with Gasteiger partial charge in [-0.15, -0.1) is 0 Å². The normalized spacial score (nSPS) is 19.6. The Bertz CT molecular complexity index is 1240. The largest absolute Gasteiger partial charge is 0.493 e. The first-order valence-corrected chi connectivity index (χ1v) is 12.3. The van der Waals surface area contributed by atoms with Crippen molar-refractivity contribution in [3.8, 4) is 45.6 Å². The molecule has 2 aromatic carbocycles. The summed E-state index contributed by atoms with van der Waals surface area (Å²) in [5.41, 5.74) is 3.25. The van der Waals surface area contributed by atoms with Crippen LogP contribution in [-0.2, 0) is 16.0 Å². The maximum absolute atomic E-state index is 13.2. The van der Waals surface area contributed by atoms with Crippen LogP contribution < -0.4 is 28.4 Å². The second-order valence-corrected chi connectivity index (χ2v) is 9.97. The second kappa shape index (κ2) is 10.1. The van der Waals surface area contributed by atoms with Gasteiger partial charge in [0.05, 0.1) is 28.4 Å². The highest BCUT2D eigenvalue weighted by Crippen LogP contribution is 2.60. The van der Waals surface area contributed by atoms with E-state index >= 15 is 0 Å². The van der Waals surface area contributed by atoms with Crippen molar-refractivity contribution in [1.82, 2.24) is 0 Å². The Balaban J connectivity index is 2.17. The van der Waals surface area contributed by atoms with Gasteiger partial charge < -0.3 is 33.2 Å². The molecule has 8 nitrogen and oxygen atoms in total. The highest BCUT2D eigenvalue weighted by atomic mass is 16.7. The van der Waals surface area contributed by atoms with Gasteiger partial charge >= 0.3 is 5.97 Å². The average molecular weight is 513 g/mol. The number of hydrogen-bond donors (Lipinski definition) is 0. The second-order valence-electron chi connectivity index (χ2n) is 9.97. The molecular formula is C29H36O8. The number of ether oxygens (including phenoxy) is 7. The maximum Gasteiger partial charge on any atom is 0.334 e. The summed E-state index contributed by atoms with van der Waals surface area (Å²) in [5.74, 6) is 2.73. The van der Waals surface area contributed by atoms with E-state index < -0.39 is 11.5 Å². The predicted octanol–water partition coefficient (Wildman–Crippen LogP) is 5.89. The molecule has 4 rings (SSSR count). The van der Waals surface area contributed by atoms with Crippen LogP contribution in [0.5, 0.6) is 34.5 Å². The number of methoxy groups -OCH3 is 4. The highest BCUT2D eigenvalue weighted by molar-refractivity contribution is 5.90. The summed E-state index contributed by atoms with van der Waals surface area (Å²) in [7, 11) is 6.31. The van der Waals surface area contributed by atoms with E-state index in [1.165, 1.54) is 0 Å². The molecule has 1 heterocycles. The zero-order chi connectivity index (χ0) is 27.1. The molecule has 1 unspecified atom stereocenters. The first-order valence-electron chi connectivity index (χ1n) is 12.3. The van der Waals surface area contributed by atoms with Gasteiger partial charge in [-0.25, -0.2) is 4.79 Å². The van der Waals surface area contributed by atoms with E-state index in [0.29, 0.717) is 52.1 Å². The van der Waals surface area contributed by atoms with Gasteiger partial charge in [-0.3, -0.25) is 0 Å². The molecule has 0 aromatic heterocycles. The van der Waals surface area contributed by atoms with Crippen LogP contribution in [-0.4, -0.2) is 41.2 Å². The quantitative estimate of drug-likeness (QED) is 0.350. The van der Waals surface area contributed by atoms with Crippen LogP contribution in [0, 0.1) is 11.3 Å². The van der Waals surface area contributed by atoms with Gasteiger partial charge in [0.15, 0.2) is 23.0 Å². The van der Waals surface area contributed by atoms with E-state index in [9.17, 15) is 4.79 Å². The number of rotatable bonds is 6. The highest BCUT2D eigenvalue weighted by Gasteiger charge is 2.45. The van der Waals surface area contributed by atoms with Crippen LogP contribution in [0.3, 0.4) is 0 Å². The third kappa shape index (κ3) is 4.22.